The molecule has 0 spiro atoms. The van der Waals surface area contributed by atoms with Gasteiger partial charge in [0.2, 0.25) is 0 Å². The number of anilines is 1. The Bertz CT molecular complexity index is 791. The van der Waals surface area contributed by atoms with Gasteiger partial charge in [-0.25, -0.2) is 19.7 Å². The number of nitrogens with one attached hydrogen (secondary N) is 2. The normalized spacial score (nSPS) is 12.8. The average molecular weight is 427 g/mol. The van der Waals surface area contributed by atoms with E-state index in [-0.39, 0.29) is 6.10 Å². The summed E-state index contributed by atoms with van der Waals surface area (Å²) in [5.74, 6) is -1.17. The van der Waals surface area contributed by atoms with Crippen LogP contribution in [-0.2, 0) is 16.0 Å². The minimum atomic E-state index is -1.50. The second-order valence-corrected chi connectivity index (χ2v) is 8.16. The number of hydrogen-bond donors (Lipinski definition) is 4. The predicted molar refractivity (Wildman–Crippen MR) is 113 cm³/mol. The van der Waals surface area contributed by atoms with Gasteiger partial charge in [-0.05, 0) is 48.1 Å². The highest BCUT2D eigenvalue weighted by molar-refractivity contribution is 5.93. The van der Waals surface area contributed by atoms with Crippen LogP contribution in [0.2, 0.25) is 0 Å². The number of rotatable bonds is 7. The lowest BCUT2D eigenvalue weighted by Gasteiger charge is -2.19. The lowest BCUT2D eigenvalue weighted by atomic mass is 10.2. The van der Waals surface area contributed by atoms with Crippen molar-refractivity contribution in [3.8, 4) is 0 Å². The summed E-state index contributed by atoms with van der Waals surface area (Å²) >= 11 is 0. The first kappa shape index (κ1) is 25.7. The Morgan fingerprint density at radius 1 is 1.20 bits per heavy atom. The number of carbonyl (C=O) groups is 1. The van der Waals surface area contributed by atoms with E-state index in [0.29, 0.717) is 23.5 Å². The summed E-state index contributed by atoms with van der Waals surface area (Å²) in [5, 5.41) is 21.9. The number of aryl methyl sites for hydroxylation is 1. The van der Waals surface area contributed by atoms with E-state index in [1.807, 2.05) is 11.6 Å². The van der Waals surface area contributed by atoms with Crippen molar-refractivity contribution in [1.29, 1.82) is 0 Å². The Hall–Kier alpha value is -2.34. The van der Waals surface area contributed by atoms with Gasteiger partial charge >= 0.3 is 6.09 Å². The summed E-state index contributed by atoms with van der Waals surface area (Å²) in [6.45, 7) is 9.46. The highest BCUT2D eigenvalue weighted by Crippen LogP contribution is 2.19. The molecule has 1 unspecified atom stereocenters. The number of carbonyl (C=O) groups excluding carboxylic acids is 1. The molecule has 1 atom stereocenters. The fourth-order valence-electron chi connectivity index (χ4n) is 2.35. The SMILES string of the molecule is CC(C)(O)O.CNCC(CCn1cnc2c(NC(=O)OC(C)(C)C)ncnc21)OC. The number of hydrogen-bond acceptors (Lipinski definition) is 9. The van der Waals surface area contributed by atoms with Crippen LogP contribution >= 0.6 is 0 Å². The largest absolute Gasteiger partial charge is 0.444 e. The third-order valence-electron chi connectivity index (χ3n) is 3.48. The molecule has 2 aromatic heterocycles. The van der Waals surface area contributed by atoms with Gasteiger partial charge < -0.3 is 29.6 Å². The lowest BCUT2D eigenvalue weighted by molar-refractivity contribution is -0.127. The molecule has 2 rings (SSSR count). The molecule has 2 heterocycles. The zero-order valence-corrected chi connectivity index (χ0v) is 18.8. The number of amides is 1. The number of ether oxygens (including phenoxy) is 2. The van der Waals surface area contributed by atoms with Gasteiger partial charge in [0.25, 0.3) is 0 Å². The van der Waals surface area contributed by atoms with Crippen LogP contribution in [-0.4, -0.2) is 74.0 Å². The monoisotopic (exact) mass is 426 g/mol. The standard InChI is InChI=1S/C16H26N6O3.C3H8O2/c1-16(2,3)25-15(23)21-13-12-14(19-9-18-13)22(10-20-12)7-6-11(24-5)8-17-4;1-3(2,4)5/h9-11,17H,6-8H2,1-5H3,(H,18,19,21,23);4-5H,1-2H3. The number of imidazole rings is 1. The van der Waals surface area contributed by atoms with Crippen LogP contribution in [0.4, 0.5) is 10.6 Å². The molecule has 0 radical (unpaired) electrons. The third-order valence-corrected chi connectivity index (χ3v) is 3.48. The van der Waals surface area contributed by atoms with Gasteiger partial charge in [-0.3, -0.25) is 5.32 Å². The maximum Gasteiger partial charge on any atom is 0.413 e. The van der Waals surface area contributed by atoms with Gasteiger partial charge in [-0.15, -0.1) is 0 Å². The molecule has 0 fully saturated rings. The molecule has 0 bridgehead atoms. The van der Waals surface area contributed by atoms with E-state index in [2.05, 4.69) is 25.6 Å². The summed E-state index contributed by atoms with van der Waals surface area (Å²) in [6, 6.07) is 0. The van der Waals surface area contributed by atoms with E-state index >= 15 is 0 Å². The number of fused-ring (bicyclic) bond motifs is 1. The summed E-state index contributed by atoms with van der Waals surface area (Å²) in [5.41, 5.74) is 0.592. The van der Waals surface area contributed by atoms with E-state index in [0.717, 1.165) is 13.0 Å². The number of aromatic nitrogens is 4. The van der Waals surface area contributed by atoms with Crippen LogP contribution in [0.25, 0.3) is 11.2 Å². The first-order valence-corrected chi connectivity index (χ1v) is 9.62. The number of aliphatic hydroxyl groups is 2. The molecule has 0 aromatic carbocycles. The van der Waals surface area contributed by atoms with Crippen molar-refractivity contribution < 1.29 is 24.5 Å². The molecule has 170 valence electrons. The summed E-state index contributed by atoms with van der Waals surface area (Å²) < 4.78 is 12.6. The van der Waals surface area contributed by atoms with Crippen LogP contribution in [0.5, 0.6) is 0 Å². The first-order valence-electron chi connectivity index (χ1n) is 9.62. The highest BCUT2D eigenvalue weighted by atomic mass is 16.6. The Morgan fingerprint density at radius 2 is 1.83 bits per heavy atom. The van der Waals surface area contributed by atoms with Crippen molar-refractivity contribution in [3.05, 3.63) is 12.7 Å². The van der Waals surface area contributed by atoms with Crippen molar-refractivity contribution in [1.82, 2.24) is 24.8 Å². The molecule has 2 aromatic rings. The maximum absolute atomic E-state index is 12.0. The van der Waals surface area contributed by atoms with Crippen molar-refractivity contribution in [2.75, 3.05) is 26.0 Å². The molecule has 0 aliphatic carbocycles. The molecule has 11 heteroatoms. The Labute approximate surface area is 176 Å². The minimum Gasteiger partial charge on any atom is -0.444 e. The van der Waals surface area contributed by atoms with Gasteiger partial charge in [0, 0.05) is 20.2 Å². The van der Waals surface area contributed by atoms with Crippen LogP contribution in [0.1, 0.15) is 41.0 Å². The lowest BCUT2D eigenvalue weighted by Crippen LogP contribution is -2.27. The topological polar surface area (TPSA) is 144 Å². The van der Waals surface area contributed by atoms with E-state index in [1.165, 1.54) is 20.2 Å². The van der Waals surface area contributed by atoms with Crippen LogP contribution < -0.4 is 10.6 Å². The van der Waals surface area contributed by atoms with E-state index in [9.17, 15) is 4.79 Å². The predicted octanol–water partition coefficient (Wildman–Crippen LogP) is 1.50. The molecule has 11 nitrogen and oxygen atoms in total. The van der Waals surface area contributed by atoms with E-state index in [1.54, 1.807) is 34.2 Å². The summed E-state index contributed by atoms with van der Waals surface area (Å²) in [7, 11) is 3.58. The van der Waals surface area contributed by atoms with Crippen molar-refractivity contribution >= 4 is 23.1 Å². The molecule has 0 aliphatic heterocycles. The summed E-state index contributed by atoms with van der Waals surface area (Å²) in [4.78, 5) is 24.7. The molecule has 0 saturated carbocycles. The fraction of sp³-hybridized carbons (Fsp3) is 0.684. The maximum atomic E-state index is 12.0. The van der Waals surface area contributed by atoms with Crippen molar-refractivity contribution in [2.45, 2.75) is 65.1 Å². The van der Waals surface area contributed by atoms with E-state index < -0.39 is 17.5 Å². The van der Waals surface area contributed by atoms with Gasteiger partial charge in [0.15, 0.2) is 22.8 Å². The smallest absolute Gasteiger partial charge is 0.413 e. The fourth-order valence-corrected chi connectivity index (χ4v) is 2.35. The van der Waals surface area contributed by atoms with Gasteiger partial charge in [-0.2, -0.15) is 0 Å². The Morgan fingerprint density at radius 3 is 2.37 bits per heavy atom. The molecule has 0 aliphatic rings. The van der Waals surface area contributed by atoms with Gasteiger partial charge in [0.05, 0.1) is 12.4 Å². The van der Waals surface area contributed by atoms with Crippen LogP contribution in [0, 0.1) is 0 Å². The van der Waals surface area contributed by atoms with Crippen molar-refractivity contribution in [2.24, 2.45) is 0 Å². The zero-order chi connectivity index (χ0) is 22.9. The number of likely N-dealkylation sites (N-methyl/N-ethyl adjacent to an activating group) is 1. The third kappa shape index (κ3) is 9.92. The van der Waals surface area contributed by atoms with Gasteiger partial charge in [-0.1, -0.05) is 0 Å². The van der Waals surface area contributed by atoms with Crippen LogP contribution in [0.15, 0.2) is 12.7 Å². The molecular weight excluding hydrogens is 392 g/mol. The number of methoxy groups -OCH3 is 1. The Kier molecular flexibility index (Phi) is 9.56. The quantitative estimate of drug-likeness (QED) is 0.484. The minimum absolute atomic E-state index is 0.101. The molecule has 4 N–H and O–H groups in total. The highest BCUT2D eigenvalue weighted by Gasteiger charge is 2.19. The Balaban J connectivity index is 0.000000804. The van der Waals surface area contributed by atoms with Gasteiger partial charge in [0.1, 0.15) is 11.9 Å². The number of nitrogens with zero attached hydrogens (tertiary/aromatic N) is 4. The first-order chi connectivity index (χ1) is 13.8. The second kappa shape index (κ2) is 11.2. The van der Waals surface area contributed by atoms with E-state index in [4.69, 9.17) is 19.7 Å². The molecule has 1 amide bonds. The summed E-state index contributed by atoms with van der Waals surface area (Å²) in [6.07, 6.45) is 3.42. The van der Waals surface area contributed by atoms with Crippen LogP contribution in [0.3, 0.4) is 0 Å². The molecule has 0 saturated heterocycles. The molecule has 30 heavy (non-hydrogen) atoms. The zero-order valence-electron chi connectivity index (χ0n) is 18.8. The molecular formula is C19H34N6O5. The second-order valence-electron chi connectivity index (χ2n) is 8.16. The van der Waals surface area contributed by atoms with Crippen molar-refractivity contribution in [3.63, 3.8) is 0 Å². The average Bonchev–Trinajstić information content (AvgIpc) is 2.99.